The first kappa shape index (κ1) is 10.8. The highest BCUT2D eigenvalue weighted by molar-refractivity contribution is 5.82. The summed E-state index contributed by atoms with van der Waals surface area (Å²) in [6.07, 6.45) is 4.45. The highest BCUT2D eigenvalue weighted by Crippen LogP contribution is 2.36. The maximum atomic E-state index is 4.31. The van der Waals surface area contributed by atoms with Crippen LogP contribution in [0.5, 0.6) is 0 Å². The van der Waals surface area contributed by atoms with E-state index >= 15 is 0 Å². The lowest BCUT2D eigenvalue weighted by atomic mass is 9.89. The molecular formula is C14H19N3. The van der Waals surface area contributed by atoms with Crippen molar-refractivity contribution in [2.45, 2.75) is 25.3 Å². The molecule has 3 rings (SSSR count). The molecule has 1 aromatic rings. The van der Waals surface area contributed by atoms with Gasteiger partial charge in [-0.15, -0.1) is 0 Å². The van der Waals surface area contributed by atoms with E-state index in [1.165, 1.54) is 24.1 Å². The summed E-state index contributed by atoms with van der Waals surface area (Å²) in [6, 6.07) is 8.71. The summed E-state index contributed by atoms with van der Waals surface area (Å²) in [5.74, 6) is 0. The fourth-order valence-electron chi connectivity index (χ4n) is 2.88. The van der Waals surface area contributed by atoms with E-state index in [0.717, 1.165) is 19.6 Å². The molecule has 0 aromatic heterocycles. The Kier molecular flexibility index (Phi) is 2.63. The van der Waals surface area contributed by atoms with Crippen molar-refractivity contribution in [1.29, 1.82) is 0 Å². The zero-order valence-electron chi connectivity index (χ0n) is 10.3. The maximum absolute atomic E-state index is 4.31. The van der Waals surface area contributed by atoms with Gasteiger partial charge in [-0.2, -0.15) is 0 Å². The second kappa shape index (κ2) is 4.15. The molecule has 2 aliphatic rings. The van der Waals surface area contributed by atoms with Crippen molar-refractivity contribution in [2.24, 2.45) is 4.99 Å². The number of nitrogens with one attached hydrogen (secondary N) is 1. The van der Waals surface area contributed by atoms with Crippen LogP contribution in [0.2, 0.25) is 0 Å². The van der Waals surface area contributed by atoms with E-state index in [9.17, 15) is 0 Å². The fraction of sp³-hybridized carbons (Fsp3) is 0.500. The predicted molar refractivity (Wildman–Crippen MR) is 71.7 cm³/mol. The molecule has 0 amide bonds. The number of hydrogen-bond donors (Lipinski definition) is 1. The summed E-state index contributed by atoms with van der Waals surface area (Å²) in [7, 11) is 0. The van der Waals surface area contributed by atoms with E-state index in [2.05, 4.69) is 46.4 Å². The standard InChI is InChI=1S/C14H19N3/c1-14(7-4-8-16-14)12-5-2-3-6-13(12)17-10-9-15-11-17/h2-3,5-6,11,16H,4,7-10H2,1H3. The number of rotatable bonds is 2. The molecule has 3 nitrogen and oxygen atoms in total. The molecule has 2 heterocycles. The summed E-state index contributed by atoms with van der Waals surface area (Å²) < 4.78 is 0. The molecule has 3 heteroatoms. The molecule has 1 saturated heterocycles. The van der Waals surface area contributed by atoms with Gasteiger partial charge in [0, 0.05) is 17.8 Å². The van der Waals surface area contributed by atoms with Gasteiger partial charge in [-0.1, -0.05) is 18.2 Å². The minimum atomic E-state index is 0.132. The summed E-state index contributed by atoms with van der Waals surface area (Å²) in [6.45, 7) is 5.36. The van der Waals surface area contributed by atoms with E-state index in [4.69, 9.17) is 0 Å². The lowest BCUT2D eigenvalue weighted by Crippen LogP contribution is -2.35. The highest BCUT2D eigenvalue weighted by Gasteiger charge is 2.32. The van der Waals surface area contributed by atoms with Crippen LogP contribution >= 0.6 is 0 Å². The second-order valence-electron chi connectivity index (χ2n) is 5.09. The Morgan fingerprint density at radius 2 is 2.24 bits per heavy atom. The topological polar surface area (TPSA) is 27.6 Å². The third kappa shape index (κ3) is 1.84. The van der Waals surface area contributed by atoms with Crippen molar-refractivity contribution >= 4 is 12.0 Å². The van der Waals surface area contributed by atoms with Crippen LogP contribution in [-0.4, -0.2) is 26.0 Å². The summed E-state index contributed by atoms with van der Waals surface area (Å²) >= 11 is 0. The zero-order chi connectivity index (χ0) is 11.7. The van der Waals surface area contributed by atoms with Crippen LogP contribution in [0.25, 0.3) is 0 Å². The SMILES string of the molecule is CC1(c2ccccc2N2C=NCC2)CCCN1. The molecule has 0 spiro atoms. The average Bonchev–Trinajstić information content (AvgIpc) is 3.00. The van der Waals surface area contributed by atoms with Gasteiger partial charge in [-0.25, -0.2) is 0 Å². The molecule has 1 N–H and O–H groups in total. The third-order valence-corrected chi connectivity index (χ3v) is 3.87. The highest BCUT2D eigenvalue weighted by atomic mass is 15.2. The van der Waals surface area contributed by atoms with Gasteiger partial charge in [0.05, 0.1) is 12.9 Å². The quantitative estimate of drug-likeness (QED) is 0.841. The molecule has 1 fully saturated rings. The van der Waals surface area contributed by atoms with E-state index in [1.807, 2.05) is 6.34 Å². The normalized spacial score (nSPS) is 27.9. The van der Waals surface area contributed by atoms with Gasteiger partial charge in [0.15, 0.2) is 0 Å². The van der Waals surface area contributed by atoms with Gasteiger partial charge in [-0.05, 0) is 37.9 Å². The molecule has 0 bridgehead atoms. The van der Waals surface area contributed by atoms with E-state index in [1.54, 1.807) is 0 Å². The summed E-state index contributed by atoms with van der Waals surface area (Å²) in [5, 5.41) is 3.64. The molecule has 0 saturated carbocycles. The fourth-order valence-corrected chi connectivity index (χ4v) is 2.88. The third-order valence-electron chi connectivity index (χ3n) is 3.87. The number of aliphatic imine (C=N–C) groups is 1. The Bertz CT molecular complexity index is 433. The first-order valence-corrected chi connectivity index (χ1v) is 6.41. The average molecular weight is 229 g/mol. The van der Waals surface area contributed by atoms with Gasteiger partial charge < -0.3 is 10.2 Å². The van der Waals surface area contributed by atoms with Crippen LogP contribution in [-0.2, 0) is 5.54 Å². The van der Waals surface area contributed by atoms with Crippen molar-refractivity contribution in [1.82, 2.24) is 5.32 Å². The molecule has 17 heavy (non-hydrogen) atoms. The Hall–Kier alpha value is -1.35. The van der Waals surface area contributed by atoms with Crippen molar-refractivity contribution in [3.8, 4) is 0 Å². The van der Waals surface area contributed by atoms with Crippen LogP contribution in [0.3, 0.4) is 0 Å². The molecule has 0 aliphatic carbocycles. The van der Waals surface area contributed by atoms with Crippen LogP contribution < -0.4 is 10.2 Å². The van der Waals surface area contributed by atoms with Crippen LogP contribution in [0.15, 0.2) is 29.3 Å². The van der Waals surface area contributed by atoms with Gasteiger partial charge in [-0.3, -0.25) is 4.99 Å². The zero-order valence-corrected chi connectivity index (χ0v) is 10.3. The van der Waals surface area contributed by atoms with Gasteiger partial charge >= 0.3 is 0 Å². The molecule has 90 valence electrons. The van der Waals surface area contributed by atoms with Gasteiger partial charge in [0.25, 0.3) is 0 Å². The van der Waals surface area contributed by atoms with Crippen LogP contribution in [0.4, 0.5) is 5.69 Å². The van der Waals surface area contributed by atoms with E-state index < -0.39 is 0 Å². The van der Waals surface area contributed by atoms with E-state index in [0.29, 0.717) is 0 Å². The number of nitrogens with zero attached hydrogens (tertiary/aromatic N) is 2. The molecule has 0 radical (unpaired) electrons. The molecular weight excluding hydrogens is 210 g/mol. The summed E-state index contributed by atoms with van der Waals surface area (Å²) in [4.78, 5) is 6.58. The number of hydrogen-bond acceptors (Lipinski definition) is 3. The van der Waals surface area contributed by atoms with Gasteiger partial charge in [0.1, 0.15) is 0 Å². The smallest absolute Gasteiger partial charge is 0.0895 e. The van der Waals surface area contributed by atoms with Crippen LogP contribution in [0, 0.1) is 0 Å². The van der Waals surface area contributed by atoms with E-state index in [-0.39, 0.29) is 5.54 Å². The Balaban J connectivity index is 2.01. The molecule has 1 aromatic carbocycles. The maximum Gasteiger partial charge on any atom is 0.0895 e. The predicted octanol–water partition coefficient (Wildman–Crippen LogP) is 2.13. The Labute approximate surface area is 103 Å². The Morgan fingerprint density at radius 1 is 1.35 bits per heavy atom. The summed E-state index contributed by atoms with van der Waals surface area (Å²) in [5.41, 5.74) is 2.85. The number of benzene rings is 1. The monoisotopic (exact) mass is 229 g/mol. The van der Waals surface area contributed by atoms with Crippen molar-refractivity contribution < 1.29 is 0 Å². The first-order valence-electron chi connectivity index (χ1n) is 6.41. The Morgan fingerprint density at radius 3 is 2.94 bits per heavy atom. The number of para-hydroxylation sites is 1. The van der Waals surface area contributed by atoms with Crippen molar-refractivity contribution in [2.75, 3.05) is 24.5 Å². The molecule has 1 unspecified atom stereocenters. The van der Waals surface area contributed by atoms with Crippen LogP contribution in [0.1, 0.15) is 25.3 Å². The minimum Gasteiger partial charge on any atom is -0.331 e. The first-order chi connectivity index (χ1) is 8.30. The lowest BCUT2D eigenvalue weighted by molar-refractivity contribution is 0.435. The lowest BCUT2D eigenvalue weighted by Gasteiger charge is -2.30. The van der Waals surface area contributed by atoms with Crippen molar-refractivity contribution in [3.05, 3.63) is 29.8 Å². The number of anilines is 1. The minimum absolute atomic E-state index is 0.132. The largest absolute Gasteiger partial charge is 0.331 e. The molecule has 1 atom stereocenters. The second-order valence-corrected chi connectivity index (χ2v) is 5.09. The molecule has 2 aliphatic heterocycles. The van der Waals surface area contributed by atoms with Gasteiger partial charge in [0.2, 0.25) is 0 Å². The van der Waals surface area contributed by atoms with Crippen molar-refractivity contribution in [3.63, 3.8) is 0 Å².